The summed E-state index contributed by atoms with van der Waals surface area (Å²) in [7, 11) is 4.07. The van der Waals surface area contributed by atoms with Crippen molar-refractivity contribution in [2.75, 3.05) is 33.5 Å². The molecule has 0 spiro atoms. The van der Waals surface area contributed by atoms with Crippen LogP contribution in [0, 0.1) is 0 Å². The molecule has 2 unspecified atom stereocenters. The molecule has 0 saturated carbocycles. The molecule has 2 heterocycles. The highest BCUT2D eigenvalue weighted by atomic mass is 32.2. The van der Waals surface area contributed by atoms with E-state index >= 15 is 0 Å². The van der Waals surface area contributed by atoms with Crippen LogP contribution in [-0.2, 0) is 6.18 Å². The number of aromatic nitrogens is 2. The van der Waals surface area contributed by atoms with Gasteiger partial charge in [-0.25, -0.2) is 4.68 Å². The number of benzene rings is 1. The van der Waals surface area contributed by atoms with Gasteiger partial charge in [-0.2, -0.15) is 28.8 Å². The topological polar surface area (TPSA) is 30.3 Å². The predicted molar refractivity (Wildman–Crippen MR) is 147 cm³/mol. The zero-order valence-corrected chi connectivity index (χ0v) is 22.4. The van der Waals surface area contributed by atoms with E-state index in [1.165, 1.54) is 21.6 Å². The number of allylic oxidation sites excluding steroid dienone is 3. The van der Waals surface area contributed by atoms with Crippen molar-refractivity contribution >= 4 is 32.8 Å². The van der Waals surface area contributed by atoms with E-state index in [1.54, 1.807) is 24.3 Å². The van der Waals surface area contributed by atoms with Crippen LogP contribution >= 0.6 is 21.8 Å². The molecule has 36 heavy (non-hydrogen) atoms. The van der Waals surface area contributed by atoms with Crippen molar-refractivity contribution in [2.45, 2.75) is 24.8 Å². The van der Waals surface area contributed by atoms with Gasteiger partial charge in [0.1, 0.15) is 12.4 Å². The molecule has 0 aliphatic heterocycles. The fraction of sp³-hybridized carbons (Fsp3) is 0.333. The second kappa shape index (κ2) is 11.2. The molecule has 0 saturated heterocycles. The number of ether oxygens (including phenoxy) is 1. The summed E-state index contributed by atoms with van der Waals surface area (Å²) in [4.78, 5) is 3.80. The Balaban J connectivity index is 1.68. The number of rotatable bonds is 8. The molecule has 0 N–H and O–H groups in total. The third kappa shape index (κ3) is 6.19. The summed E-state index contributed by atoms with van der Waals surface area (Å²) in [6.07, 6.45) is 5.03. The quantitative estimate of drug-likeness (QED) is 0.292. The predicted octanol–water partition coefficient (Wildman–Crippen LogP) is 6.99. The highest BCUT2D eigenvalue weighted by Crippen LogP contribution is 2.40. The Bertz CT molecular complexity index is 1300. The van der Waals surface area contributed by atoms with Crippen molar-refractivity contribution in [1.82, 2.24) is 14.7 Å². The van der Waals surface area contributed by atoms with Gasteiger partial charge in [-0.15, -0.1) is 11.3 Å². The van der Waals surface area contributed by atoms with E-state index in [1.807, 2.05) is 31.1 Å². The first-order chi connectivity index (χ1) is 17.2. The normalized spacial score (nSPS) is 17.0. The van der Waals surface area contributed by atoms with Crippen LogP contribution in [0.2, 0.25) is 0 Å². The minimum atomic E-state index is -4.54. The first-order valence-electron chi connectivity index (χ1n) is 11.6. The molecule has 4 nitrogen and oxygen atoms in total. The van der Waals surface area contributed by atoms with Crippen molar-refractivity contribution in [3.8, 4) is 22.0 Å². The van der Waals surface area contributed by atoms with Crippen molar-refractivity contribution in [3.63, 3.8) is 0 Å². The maximum Gasteiger partial charge on any atom is 0.435 e. The zero-order chi connectivity index (χ0) is 25.9. The number of hydrogen-bond donors (Lipinski definition) is 0. The highest BCUT2D eigenvalue weighted by molar-refractivity contribution is 8.15. The van der Waals surface area contributed by atoms with Gasteiger partial charge in [0, 0.05) is 22.7 Å². The molecule has 9 heteroatoms. The summed E-state index contributed by atoms with van der Waals surface area (Å²) < 4.78 is 48.2. The third-order valence-electron chi connectivity index (χ3n) is 5.94. The highest BCUT2D eigenvalue weighted by Gasteiger charge is 2.35. The van der Waals surface area contributed by atoms with Crippen LogP contribution in [0.25, 0.3) is 21.8 Å². The summed E-state index contributed by atoms with van der Waals surface area (Å²) in [5, 5.41) is 6.62. The van der Waals surface area contributed by atoms with Crippen molar-refractivity contribution in [1.29, 1.82) is 0 Å². The molecular weight excluding hydrogens is 503 g/mol. The molecular formula is C27H30F3N3OS2. The molecule has 0 amide bonds. The van der Waals surface area contributed by atoms with Crippen LogP contribution in [0.15, 0.2) is 60.7 Å². The fourth-order valence-corrected chi connectivity index (χ4v) is 6.02. The standard InChI is InChI=1S/C27H30F3N3OS2/c1-5-36(4)22-11-6-8-19(16-22)24-12-13-25(35-24)23-18-26(27(28,29)30)31-33(23)20-9-7-10-21(17-20)34-15-14-32(2)3/h5-13,17-18,22H,14-16H2,1-4H3. The molecule has 1 aliphatic rings. The van der Waals surface area contributed by atoms with E-state index in [4.69, 9.17) is 4.74 Å². The van der Waals surface area contributed by atoms with Crippen LogP contribution in [0.5, 0.6) is 5.75 Å². The van der Waals surface area contributed by atoms with Gasteiger partial charge in [-0.1, -0.05) is 29.7 Å². The molecule has 0 fully saturated rings. The molecule has 192 valence electrons. The molecule has 2 atom stereocenters. The van der Waals surface area contributed by atoms with Crippen molar-refractivity contribution < 1.29 is 17.9 Å². The van der Waals surface area contributed by atoms with Crippen LogP contribution in [0.4, 0.5) is 13.2 Å². The van der Waals surface area contributed by atoms with Crippen LogP contribution in [-0.4, -0.2) is 58.8 Å². The first kappa shape index (κ1) is 26.4. The molecule has 1 aliphatic carbocycles. The van der Waals surface area contributed by atoms with E-state index in [-0.39, 0.29) is 10.5 Å². The molecule has 4 rings (SSSR count). The molecule has 1 aromatic carbocycles. The number of alkyl halides is 3. The van der Waals surface area contributed by atoms with Gasteiger partial charge < -0.3 is 9.64 Å². The van der Waals surface area contributed by atoms with E-state index in [9.17, 15) is 13.2 Å². The zero-order valence-electron chi connectivity index (χ0n) is 20.7. The van der Waals surface area contributed by atoms with Gasteiger partial charge in [0.25, 0.3) is 0 Å². The monoisotopic (exact) mass is 533 g/mol. The maximum absolute atomic E-state index is 13.7. The number of hydrogen-bond acceptors (Lipinski definition) is 4. The lowest BCUT2D eigenvalue weighted by molar-refractivity contribution is -0.141. The Kier molecular flexibility index (Phi) is 8.22. The number of thiophene rings is 1. The lowest BCUT2D eigenvalue weighted by Gasteiger charge is -2.19. The summed E-state index contributed by atoms with van der Waals surface area (Å²) in [5.41, 5.74) is 1.22. The number of halogens is 3. The first-order valence-corrected chi connectivity index (χ1v) is 14.2. The second-order valence-corrected chi connectivity index (χ2v) is 12.2. The lowest BCUT2D eigenvalue weighted by Crippen LogP contribution is -2.19. The van der Waals surface area contributed by atoms with Gasteiger partial charge in [0.15, 0.2) is 5.69 Å². The Morgan fingerprint density at radius 3 is 2.69 bits per heavy atom. The van der Waals surface area contributed by atoms with E-state index < -0.39 is 11.9 Å². The van der Waals surface area contributed by atoms with E-state index in [0.717, 1.165) is 28.8 Å². The second-order valence-electron chi connectivity index (χ2n) is 8.80. The molecule has 3 aromatic rings. The van der Waals surface area contributed by atoms with Crippen molar-refractivity contribution in [3.05, 3.63) is 71.3 Å². The average Bonchev–Trinajstić information content (AvgIpc) is 3.51. The largest absolute Gasteiger partial charge is 0.492 e. The van der Waals surface area contributed by atoms with Crippen LogP contribution in [0.1, 0.15) is 23.9 Å². The maximum atomic E-state index is 13.7. The van der Waals surface area contributed by atoms with Gasteiger partial charge in [0.05, 0.1) is 16.3 Å². The minimum Gasteiger partial charge on any atom is -0.492 e. The third-order valence-corrected chi connectivity index (χ3v) is 9.14. The number of nitrogens with zero attached hydrogens (tertiary/aromatic N) is 3. The summed E-state index contributed by atoms with van der Waals surface area (Å²) in [5.74, 6) is 0.587. The minimum absolute atomic E-state index is 0.168. The molecule has 0 bridgehead atoms. The van der Waals surface area contributed by atoms with Gasteiger partial charge >= 0.3 is 6.18 Å². The summed E-state index contributed by atoms with van der Waals surface area (Å²) >= 11 is 1.49. The lowest BCUT2D eigenvalue weighted by atomic mass is 10.0. The molecule has 2 aromatic heterocycles. The smallest absolute Gasteiger partial charge is 0.435 e. The Hall–Kier alpha value is -2.62. The van der Waals surface area contributed by atoms with Gasteiger partial charge in [0.2, 0.25) is 0 Å². The van der Waals surface area contributed by atoms with E-state index in [2.05, 4.69) is 41.9 Å². The summed E-state index contributed by atoms with van der Waals surface area (Å²) in [6.45, 7) is 3.29. The summed E-state index contributed by atoms with van der Waals surface area (Å²) in [6, 6.07) is 12.0. The fourth-order valence-electron chi connectivity index (χ4n) is 3.85. The van der Waals surface area contributed by atoms with Crippen molar-refractivity contribution in [2.24, 2.45) is 0 Å². The number of likely N-dealkylation sites (N-methyl/N-ethyl adjacent to an activating group) is 1. The Morgan fingerprint density at radius 2 is 1.97 bits per heavy atom. The Labute approximate surface area is 216 Å². The van der Waals surface area contributed by atoms with Crippen LogP contribution < -0.4 is 4.74 Å². The van der Waals surface area contributed by atoms with Gasteiger partial charge in [-0.05, 0) is 69.6 Å². The molecule has 0 radical (unpaired) electrons. The average molecular weight is 534 g/mol. The SMILES string of the molecule is C/C=S(/C)C1C=CC=C(c2ccc(-c3cc(C(F)(F)F)nn3-c3cccc(OCCN(C)C)c3)s2)C1. The Morgan fingerprint density at radius 1 is 1.19 bits per heavy atom. The van der Waals surface area contributed by atoms with Crippen LogP contribution in [0.3, 0.4) is 0 Å². The van der Waals surface area contributed by atoms with Gasteiger partial charge in [-0.3, -0.25) is 0 Å². The van der Waals surface area contributed by atoms with E-state index in [0.29, 0.717) is 29.0 Å².